The summed E-state index contributed by atoms with van der Waals surface area (Å²) < 4.78 is 7.02. The van der Waals surface area contributed by atoms with Crippen LogP contribution in [0, 0.1) is 0 Å². The van der Waals surface area contributed by atoms with Crippen molar-refractivity contribution >= 4 is 29.3 Å². The molecule has 2 aromatic carbocycles. The van der Waals surface area contributed by atoms with Gasteiger partial charge in [-0.25, -0.2) is 0 Å². The average molecular weight is 440 g/mol. The minimum absolute atomic E-state index is 0.146. The lowest BCUT2D eigenvalue weighted by molar-refractivity contribution is -0.113. The van der Waals surface area contributed by atoms with Crippen molar-refractivity contribution in [1.29, 1.82) is 0 Å². The number of thioether (sulfide) groups is 1. The predicted molar refractivity (Wildman–Crippen MR) is 120 cm³/mol. The van der Waals surface area contributed by atoms with Crippen molar-refractivity contribution < 1.29 is 14.3 Å². The molecule has 2 N–H and O–H groups in total. The lowest BCUT2D eigenvalue weighted by Gasteiger charge is -2.15. The molecule has 0 aliphatic carbocycles. The molecule has 0 radical (unpaired) electrons. The van der Waals surface area contributed by atoms with Gasteiger partial charge in [-0.1, -0.05) is 30.0 Å². The molecule has 0 fully saturated rings. The minimum atomic E-state index is -0.331. The van der Waals surface area contributed by atoms with Crippen LogP contribution in [0.1, 0.15) is 36.1 Å². The molecule has 1 aromatic heterocycles. The molecule has 0 spiro atoms. The van der Waals surface area contributed by atoms with Crippen LogP contribution in [0.25, 0.3) is 0 Å². The number of hydrogen-bond donors (Lipinski definition) is 2. The monoisotopic (exact) mass is 439 g/mol. The summed E-state index contributed by atoms with van der Waals surface area (Å²) in [7, 11) is 1.59. The zero-order valence-corrected chi connectivity index (χ0v) is 18.5. The van der Waals surface area contributed by atoms with Crippen LogP contribution in [0.5, 0.6) is 5.75 Å². The van der Waals surface area contributed by atoms with Crippen LogP contribution in [-0.2, 0) is 11.3 Å². The molecule has 0 unspecified atom stereocenters. The van der Waals surface area contributed by atoms with Gasteiger partial charge < -0.3 is 19.9 Å². The van der Waals surface area contributed by atoms with E-state index < -0.39 is 0 Å². The standard InChI is InChI=1S/C22H25N5O3S/c1-4-27-20(15(2)23-21(29)16-8-6-5-7-9-16)25-26-22(27)31-14-19(28)24-17-10-12-18(30-3)13-11-17/h5-13,15H,4,14H2,1-3H3,(H,23,29)(H,24,28)/t15-/m1/s1. The Kier molecular flexibility index (Phi) is 7.66. The molecule has 3 aromatic rings. The average Bonchev–Trinajstić information content (AvgIpc) is 3.22. The van der Waals surface area contributed by atoms with Gasteiger partial charge in [0.05, 0.1) is 18.9 Å². The Morgan fingerprint density at radius 2 is 1.81 bits per heavy atom. The first-order chi connectivity index (χ1) is 15.0. The number of rotatable bonds is 9. The summed E-state index contributed by atoms with van der Waals surface area (Å²) in [4.78, 5) is 24.7. The summed E-state index contributed by atoms with van der Waals surface area (Å²) in [6.07, 6.45) is 0. The molecule has 3 rings (SSSR count). The second-order valence-electron chi connectivity index (χ2n) is 6.71. The highest BCUT2D eigenvalue weighted by Crippen LogP contribution is 2.21. The summed E-state index contributed by atoms with van der Waals surface area (Å²) in [5, 5.41) is 14.9. The molecular formula is C22H25N5O3S. The van der Waals surface area contributed by atoms with Crippen molar-refractivity contribution in [2.45, 2.75) is 31.6 Å². The lowest BCUT2D eigenvalue weighted by atomic mass is 10.2. The van der Waals surface area contributed by atoms with E-state index in [1.807, 2.05) is 36.6 Å². The van der Waals surface area contributed by atoms with Crippen LogP contribution in [-0.4, -0.2) is 39.4 Å². The first kappa shape index (κ1) is 22.4. The van der Waals surface area contributed by atoms with Crippen LogP contribution in [0.4, 0.5) is 5.69 Å². The van der Waals surface area contributed by atoms with Gasteiger partial charge in [-0.05, 0) is 50.2 Å². The number of amides is 2. The number of nitrogens with zero attached hydrogens (tertiary/aromatic N) is 3. The van der Waals surface area contributed by atoms with Crippen LogP contribution in [0.3, 0.4) is 0 Å². The van der Waals surface area contributed by atoms with Gasteiger partial charge in [-0.15, -0.1) is 10.2 Å². The van der Waals surface area contributed by atoms with Gasteiger partial charge in [0.15, 0.2) is 11.0 Å². The van der Waals surface area contributed by atoms with Crippen LogP contribution in [0.2, 0.25) is 0 Å². The highest BCUT2D eigenvalue weighted by Gasteiger charge is 2.20. The second kappa shape index (κ2) is 10.6. The van der Waals surface area contributed by atoms with E-state index in [1.54, 1.807) is 43.5 Å². The fourth-order valence-corrected chi connectivity index (χ4v) is 3.77. The Morgan fingerprint density at radius 3 is 2.45 bits per heavy atom. The number of nitrogens with one attached hydrogen (secondary N) is 2. The SMILES string of the molecule is CCn1c(SCC(=O)Nc2ccc(OC)cc2)nnc1[C@@H](C)NC(=O)c1ccccc1. The second-order valence-corrected chi connectivity index (χ2v) is 7.65. The highest BCUT2D eigenvalue weighted by molar-refractivity contribution is 7.99. The summed E-state index contributed by atoms with van der Waals surface area (Å²) in [6, 6.07) is 15.8. The van der Waals surface area contributed by atoms with Gasteiger partial charge in [0.2, 0.25) is 5.91 Å². The number of hydrogen-bond acceptors (Lipinski definition) is 6. The normalized spacial score (nSPS) is 11.6. The molecular weight excluding hydrogens is 414 g/mol. The molecule has 0 bridgehead atoms. The number of ether oxygens (including phenoxy) is 1. The molecule has 2 amide bonds. The minimum Gasteiger partial charge on any atom is -0.497 e. The van der Waals surface area contributed by atoms with Crippen LogP contribution in [0.15, 0.2) is 59.8 Å². The van der Waals surface area contributed by atoms with Gasteiger partial charge in [-0.3, -0.25) is 9.59 Å². The third kappa shape index (κ3) is 5.85. The summed E-state index contributed by atoms with van der Waals surface area (Å²) in [5.74, 6) is 1.24. The third-order valence-corrected chi connectivity index (χ3v) is 5.51. The number of anilines is 1. The van der Waals surface area contributed by atoms with Gasteiger partial charge >= 0.3 is 0 Å². The fourth-order valence-electron chi connectivity index (χ4n) is 2.96. The molecule has 0 aliphatic heterocycles. The Balaban J connectivity index is 1.59. The van der Waals surface area contributed by atoms with Crippen molar-refractivity contribution in [3.8, 4) is 5.75 Å². The molecule has 0 saturated heterocycles. The molecule has 0 saturated carbocycles. The number of benzene rings is 2. The molecule has 0 aliphatic rings. The summed E-state index contributed by atoms with van der Waals surface area (Å²) in [6.45, 7) is 4.46. The highest BCUT2D eigenvalue weighted by atomic mass is 32.2. The maximum atomic E-state index is 12.4. The van der Waals surface area contributed by atoms with Crippen LogP contribution < -0.4 is 15.4 Å². The molecule has 1 atom stereocenters. The molecule has 9 heteroatoms. The molecule has 162 valence electrons. The van der Waals surface area contributed by atoms with Crippen molar-refractivity contribution in [3.05, 3.63) is 66.0 Å². The first-order valence-electron chi connectivity index (χ1n) is 9.87. The van der Waals surface area contributed by atoms with Crippen molar-refractivity contribution in [1.82, 2.24) is 20.1 Å². The van der Waals surface area contributed by atoms with E-state index in [-0.39, 0.29) is 23.6 Å². The van der Waals surface area contributed by atoms with E-state index >= 15 is 0 Å². The van der Waals surface area contributed by atoms with Crippen molar-refractivity contribution in [3.63, 3.8) is 0 Å². The quantitative estimate of drug-likeness (QED) is 0.495. The van der Waals surface area contributed by atoms with E-state index in [4.69, 9.17) is 4.74 Å². The maximum absolute atomic E-state index is 12.4. The maximum Gasteiger partial charge on any atom is 0.251 e. The molecule has 1 heterocycles. The predicted octanol–water partition coefficient (Wildman–Crippen LogP) is 3.53. The van der Waals surface area contributed by atoms with Gasteiger partial charge in [0, 0.05) is 17.8 Å². The van der Waals surface area contributed by atoms with E-state index in [2.05, 4.69) is 20.8 Å². The Morgan fingerprint density at radius 1 is 1.10 bits per heavy atom. The Labute approximate surface area is 185 Å². The van der Waals surface area contributed by atoms with E-state index in [0.717, 1.165) is 5.75 Å². The van der Waals surface area contributed by atoms with Gasteiger partial charge in [0.1, 0.15) is 5.75 Å². The van der Waals surface area contributed by atoms with E-state index in [1.165, 1.54) is 11.8 Å². The summed E-state index contributed by atoms with van der Waals surface area (Å²) >= 11 is 1.30. The lowest BCUT2D eigenvalue weighted by Crippen LogP contribution is -2.28. The summed E-state index contributed by atoms with van der Waals surface area (Å²) in [5.41, 5.74) is 1.28. The fraction of sp³-hybridized carbons (Fsp3) is 0.273. The first-order valence-corrected chi connectivity index (χ1v) is 10.9. The van der Waals surface area contributed by atoms with Gasteiger partial charge in [0.25, 0.3) is 5.91 Å². The Hall–Kier alpha value is -3.33. The molecule has 31 heavy (non-hydrogen) atoms. The smallest absolute Gasteiger partial charge is 0.251 e. The number of aromatic nitrogens is 3. The van der Waals surface area contributed by atoms with E-state index in [0.29, 0.717) is 28.8 Å². The van der Waals surface area contributed by atoms with Crippen LogP contribution >= 0.6 is 11.8 Å². The topological polar surface area (TPSA) is 98.1 Å². The number of methoxy groups -OCH3 is 1. The van der Waals surface area contributed by atoms with Crippen molar-refractivity contribution in [2.75, 3.05) is 18.2 Å². The van der Waals surface area contributed by atoms with E-state index in [9.17, 15) is 9.59 Å². The zero-order chi connectivity index (χ0) is 22.2. The number of carbonyl (C=O) groups is 2. The Bertz CT molecular complexity index is 1020. The third-order valence-electron chi connectivity index (χ3n) is 4.54. The largest absolute Gasteiger partial charge is 0.497 e. The van der Waals surface area contributed by atoms with Gasteiger partial charge in [-0.2, -0.15) is 0 Å². The zero-order valence-electron chi connectivity index (χ0n) is 17.7. The van der Waals surface area contributed by atoms with Crippen molar-refractivity contribution in [2.24, 2.45) is 0 Å². The number of carbonyl (C=O) groups excluding carboxylic acids is 2. The molecule has 8 nitrogen and oxygen atoms in total.